The largest absolute Gasteiger partial charge is 0.411 e. The van der Waals surface area contributed by atoms with Crippen LogP contribution in [0.25, 0.3) is 0 Å². The summed E-state index contributed by atoms with van der Waals surface area (Å²) in [7, 11) is 0. The molecule has 1 aliphatic rings. The number of hydrogen-bond donors (Lipinski definition) is 1. The Morgan fingerprint density at radius 3 is 2.46 bits per heavy atom. The van der Waals surface area contributed by atoms with Crippen molar-refractivity contribution in [3.8, 4) is 0 Å². The molecule has 0 unspecified atom stereocenters. The maximum absolute atomic E-state index is 13.9. The van der Waals surface area contributed by atoms with E-state index in [0.29, 0.717) is 12.3 Å². The summed E-state index contributed by atoms with van der Waals surface area (Å²) in [6, 6.07) is 13.8. The van der Waals surface area contributed by atoms with E-state index in [2.05, 4.69) is 34.3 Å². The SMILES string of the molecule is ON=C(CCC1CCN(Cc2ccccc2)CC1)c1ccc(F)cc1F. The minimum Gasteiger partial charge on any atom is -0.411 e. The lowest BCUT2D eigenvalue weighted by molar-refractivity contribution is 0.173. The number of oxime groups is 1. The molecule has 2 aromatic rings. The fourth-order valence-electron chi connectivity index (χ4n) is 3.58. The van der Waals surface area contributed by atoms with Gasteiger partial charge in [-0.1, -0.05) is 35.5 Å². The highest BCUT2D eigenvalue weighted by Crippen LogP contribution is 2.24. The molecule has 0 aliphatic carbocycles. The fourth-order valence-corrected chi connectivity index (χ4v) is 3.58. The molecular weight excluding hydrogens is 334 g/mol. The van der Waals surface area contributed by atoms with Gasteiger partial charge in [0.2, 0.25) is 0 Å². The Balaban J connectivity index is 1.48. The van der Waals surface area contributed by atoms with Crippen molar-refractivity contribution < 1.29 is 14.0 Å². The zero-order valence-corrected chi connectivity index (χ0v) is 14.7. The number of benzene rings is 2. The molecule has 3 nitrogen and oxygen atoms in total. The van der Waals surface area contributed by atoms with E-state index >= 15 is 0 Å². The minimum absolute atomic E-state index is 0.176. The first-order valence-corrected chi connectivity index (χ1v) is 9.08. The average Bonchev–Trinajstić information content (AvgIpc) is 2.65. The predicted molar refractivity (Wildman–Crippen MR) is 98.4 cm³/mol. The number of likely N-dealkylation sites (tertiary alicyclic amines) is 1. The standard InChI is InChI=1S/C21H24F2N2O/c22-18-7-8-19(20(23)14-18)21(24-26)9-6-16-10-12-25(13-11-16)15-17-4-2-1-3-5-17/h1-5,7-8,14,16,26H,6,9-13,15H2. The summed E-state index contributed by atoms with van der Waals surface area (Å²) in [5.74, 6) is -0.785. The normalized spacial score (nSPS) is 16.8. The summed E-state index contributed by atoms with van der Waals surface area (Å²) in [6.45, 7) is 3.05. The molecule has 0 spiro atoms. The zero-order chi connectivity index (χ0) is 18.4. The number of hydrogen-bond acceptors (Lipinski definition) is 3. The van der Waals surface area contributed by atoms with E-state index in [1.165, 1.54) is 17.7 Å². The van der Waals surface area contributed by atoms with E-state index in [4.69, 9.17) is 0 Å². The quantitative estimate of drug-likeness (QED) is 0.456. The average molecular weight is 358 g/mol. The Morgan fingerprint density at radius 2 is 1.81 bits per heavy atom. The van der Waals surface area contributed by atoms with Crippen molar-refractivity contribution in [2.75, 3.05) is 13.1 Å². The first-order chi connectivity index (χ1) is 12.7. The van der Waals surface area contributed by atoms with E-state index in [1.54, 1.807) is 0 Å². The van der Waals surface area contributed by atoms with Crippen molar-refractivity contribution in [3.05, 3.63) is 71.3 Å². The van der Waals surface area contributed by atoms with Crippen molar-refractivity contribution in [3.63, 3.8) is 0 Å². The Labute approximate surface area is 153 Å². The van der Waals surface area contributed by atoms with Gasteiger partial charge in [-0.05, 0) is 62.4 Å². The molecule has 0 radical (unpaired) electrons. The van der Waals surface area contributed by atoms with Gasteiger partial charge in [0.25, 0.3) is 0 Å². The van der Waals surface area contributed by atoms with Gasteiger partial charge in [-0.2, -0.15) is 0 Å². The Kier molecular flexibility index (Phi) is 6.34. The lowest BCUT2D eigenvalue weighted by Gasteiger charge is -2.32. The molecule has 138 valence electrons. The third-order valence-electron chi connectivity index (χ3n) is 5.11. The van der Waals surface area contributed by atoms with Crippen LogP contribution in [0.1, 0.15) is 36.8 Å². The van der Waals surface area contributed by atoms with Crippen LogP contribution < -0.4 is 0 Å². The molecule has 0 atom stereocenters. The second-order valence-electron chi connectivity index (χ2n) is 6.91. The molecule has 1 N–H and O–H groups in total. The van der Waals surface area contributed by atoms with Crippen LogP contribution >= 0.6 is 0 Å². The van der Waals surface area contributed by atoms with Crippen LogP contribution in [0.15, 0.2) is 53.7 Å². The van der Waals surface area contributed by atoms with Gasteiger partial charge in [-0.15, -0.1) is 0 Å². The first kappa shape index (κ1) is 18.5. The van der Waals surface area contributed by atoms with Crippen molar-refractivity contribution >= 4 is 5.71 Å². The summed E-state index contributed by atoms with van der Waals surface area (Å²) in [5.41, 5.74) is 1.79. The van der Waals surface area contributed by atoms with Crippen LogP contribution in [-0.4, -0.2) is 28.9 Å². The Hall–Kier alpha value is -2.27. The van der Waals surface area contributed by atoms with E-state index in [1.807, 2.05) is 6.07 Å². The highest BCUT2D eigenvalue weighted by molar-refractivity contribution is 6.00. The summed E-state index contributed by atoms with van der Waals surface area (Å²) in [5, 5.41) is 12.5. The Morgan fingerprint density at radius 1 is 1.08 bits per heavy atom. The Bertz CT molecular complexity index is 741. The summed E-state index contributed by atoms with van der Waals surface area (Å²) in [6.07, 6.45) is 3.49. The monoisotopic (exact) mass is 358 g/mol. The topological polar surface area (TPSA) is 35.8 Å². The molecule has 3 rings (SSSR count). The zero-order valence-electron chi connectivity index (χ0n) is 14.7. The number of nitrogens with zero attached hydrogens (tertiary/aromatic N) is 2. The van der Waals surface area contributed by atoms with Crippen LogP contribution in [0, 0.1) is 17.6 Å². The van der Waals surface area contributed by atoms with Crippen molar-refractivity contribution in [1.29, 1.82) is 0 Å². The molecule has 0 amide bonds. The second-order valence-corrected chi connectivity index (χ2v) is 6.91. The van der Waals surface area contributed by atoms with Crippen molar-refractivity contribution in [1.82, 2.24) is 4.90 Å². The van der Waals surface area contributed by atoms with E-state index in [0.717, 1.165) is 45.0 Å². The number of halogens is 2. The van der Waals surface area contributed by atoms with Crippen LogP contribution in [0.3, 0.4) is 0 Å². The van der Waals surface area contributed by atoms with Gasteiger partial charge in [0.05, 0.1) is 5.71 Å². The van der Waals surface area contributed by atoms with Crippen molar-refractivity contribution in [2.24, 2.45) is 11.1 Å². The third kappa shape index (κ3) is 4.88. The predicted octanol–water partition coefficient (Wildman–Crippen LogP) is 4.84. The number of rotatable bonds is 6. The van der Waals surface area contributed by atoms with Crippen LogP contribution in [0.5, 0.6) is 0 Å². The molecule has 1 saturated heterocycles. The van der Waals surface area contributed by atoms with E-state index < -0.39 is 11.6 Å². The van der Waals surface area contributed by atoms with Crippen molar-refractivity contribution in [2.45, 2.75) is 32.2 Å². The molecule has 0 saturated carbocycles. The minimum atomic E-state index is -0.685. The third-order valence-corrected chi connectivity index (χ3v) is 5.11. The summed E-state index contributed by atoms with van der Waals surface area (Å²) < 4.78 is 26.9. The lowest BCUT2D eigenvalue weighted by atomic mass is 9.90. The van der Waals surface area contributed by atoms with Gasteiger partial charge in [0.15, 0.2) is 0 Å². The lowest BCUT2D eigenvalue weighted by Crippen LogP contribution is -2.33. The van der Waals surface area contributed by atoms with Gasteiger partial charge < -0.3 is 5.21 Å². The van der Waals surface area contributed by atoms with Gasteiger partial charge in [0, 0.05) is 18.2 Å². The molecule has 5 heteroatoms. The van der Waals surface area contributed by atoms with E-state index in [-0.39, 0.29) is 11.3 Å². The molecule has 1 heterocycles. The molecule has 0 aromatic heterocycles. The summed E-state index contributed by atoms with van der Waals surface area (Å²) in [4.78, 5) is 2.45. The molecule has 1 aliphatic heterocycles. The van der Waals surface area contributed by atoms with Gasteiger partial charge in [-0.25, -0.2) is 8.78 Å². The maximum Gasteiger partial charge on any atom is 0.135 e. The maximum atomic E-state index is 13.9. The van der Waals surface area contributed by atoms with Gasteiger partial charge in [-0.3, -0.25) is 4.90 Å². The molecular formula is C21H24F2N2O. The highest BCUT2D eigenvalue weighted by Gasteiger charge is 2.21. The van der Waals surface area contributed by atoms with Gasteiger partial charge in [0.1, 0.15) is 11.6 Å². The first-order valence-electron chi connectivity index (χ1n) is 9.08. The second kappa shape index (κ2) is 8.90. The van der Waals surface area contributed by atoms with Crippen LogP contribution in [0.4, 0.5) is 8.78 Å². The molecule has 0 bridgehead atoms. The van der Waals surface area contributed by atoms with E-state index in [9.17, 15) is 14.0 Å². The fraction of sp³-hybridized carbons (Fsp3) is 0.381. The van der Waals surface area contributed by atoms with Crippen LogP contribution in [0.2, 0.25) is 0 Å². The molecule has 26 heavy (non-hydrogen) atoms. The summed E-state index contributed by atoms with van der Waals surface area (Å²) >= 11 is 0. The molecule has 2 aromatic carbocycles. The van der Waals surface area contributed by atoms with Crippen LogP contribution in [-0.2, 0) is 6.54 Å². The smallest absolute Gasteiger partial charge is 0.135 e. The number of piperidine rings is 1. The molecule has 1 fully saturated rings. The van der Waals surface area contributed by atoms with Gasteiger partial charge >= 0.3 is 0 Å². The highest BCUT2D eigenvalue weighted by atomic mass is 19.1.